The third-order valence-electron chi connectivity index (χ3n) is 7.56. The molecule has 0 saturated carbocycles. The molecule has 0 aromatic heterocycles. The van der Waals surface area contributed by atoms with Gasteiger partial charge >= 0.3 is 279 Å². The van der Waals surface area contributed by atoms with Gasteiger partial charge in [0.25, 0.3) is 0 Å². The second-order valence-electron chi connectivity index (χ2n) is 11.0. The zero-order chi connectivity index (χ0) is 33.2. The van der Waals surface area contributed by atoms with Crippen LogP contribution < -0.4 is 14.2 Å². The first-order valence-electron chi connectivity index (χ1n) is 15.9. The number of hydrogen-bond donors (Lipinski definition) is 0. The van der Waals surface area contributed by atoms with Crippen molar-refractivity contribution in [1.29, 1.82) is 0 Å². The number of carbonyl (C=O) groups is 3. The van der Waals surface area contributed by atoms with Crippen molar-refractivity contribution < 1.29 is 37.8 Å². The fourth-order valence-corrected chi connectivity index (χ4v) is 11.4. The van der Waals surface area contributed by atoms with Gasteiger partial charge in [0.15, 0.2) is 0 Å². The Morgan fingerprint density at radius 1 is 0.457 bits per heavy atom. The first kappa shape index (κ1) is 36.7. The number of methoxy groups -OCH3 is 3. The Morgan fingerprint density at radius 2 is 0.739 bits per heavy atom. The van der Waals surface area contributed by atoms with Crippen molar-refractivity contribution in [1.82, 2.24) is 0 Å². The summed E-state index contributed by atoms with van der Waals surface area (Å²) >= 11 is -5.35. The minimum atomic E-state index is -5.35. The van der Waals surface area contributed by atoms with Gasteiger partial charge in [-0.3, -0.25) is 0 Å². The van der Waals surface area contributed by atoms with Crippen molar-refractivity contribution >= 4 is 37.5 Å². The van der Waals surface area contributed by atoms with Crippen LogP contribution in [0.2, 0.25) is 4.44 Å². The van der Waals surface area contributed by atoms with Crippen molar-refractivity contribution in [2.45, 2.75) is 75.6 Å². The molecule has 0 atom stereocenters. The number of ether oxygens (including phenoxy) is 3. The van der Waals surface area contributed by atoms with Crippen LogP contribution >= 0.6 is 0 Å². The first-order valence-corrected chi connectivity index (χ1v) is 21.5. The van der Waals surface area contributed by atoms with E-state index in [0.717, 1.165) is 25.7 Å². The summed E-state index contributed by atoms with van der Waals surface area (Å²) in [5.74, 6) is -0.530. The van der Waals surface area contributed by atoms with E-state index in [1.807, 2.05) is 0 Å². The van der Waals surface area contributed by atoms with Gasteiger partial charge in [0.2, 0.25) is 0 Å². The summed E-state index contributed by atoms with van der Waals surface area (Å²) < 4.78 is 33.9. The molecule has 0 N–H and O–H groups in total. The summed E-state index contributed by atoms with van der Waals surface area (Å²) in [5, 5.41) is 0. The molecular formula is C36H46O9Sn. The maximum atomic E-state index is 13.5. The van der Waals surface area contributed by atoms with Crippen LogP contribution in [0, 0.1) is 0 Å². The molecule has 46 heavy (non-hydrogen) atoms. The quantitative estimate of drug-likeness (QED) is 0.0833. The minimum absolute atomic E-state index is 0.150. The fraction of sp³-hybridized carbons (Fsp3) is 0.417. The van der Waals surface area contributed by atoms with Gasteiger partial charge in [0.1, 0.15) is 0 Å². The van der Waals surface area contributed by atoms with E-state index in [1.54, 1.807) is 72.8 Å². The first-order chi connectivity index (χ1) is 22.3. The number of rotatable bonds is 20. The summed E-state index contributed by atoms with van der Waals surface area (Å²) in [4.78, 5) is 40.6. The monoisotopic (exact) mass is 742 g/mol. The molecule has 3 rings (SSSR count). The molecule has 0 aliphatic carbocycles. The van der Waals surface area contributed by atoms with Crippen LogP contribution in [0.15, 0.2) is 72.8 Å². The molecule has 0 aliphatic heterocycles. The average molecular weight is 741 g/mol. The van der Waals surface area contributed by atoms with Crippen molar-refractivity contribution in [3.8, 4) is 17.2 Å². The molecule has 0 heterocycles. The zero-order valence-electron chi connectivity index (χ0n) is 27.4. The normalized spacial score (nSPS) is 11.0. The second-order valence-corrected chi connectivity index (χ2v) is 18.0. The van der Waals surface area contributed by atoms with E-state index in [4.69, 9.17) is 23.4 Å². The van der Waals surface area contributed by atoms with Crippen LogP contribution in [-0.2, 0) is 9.22 Å². The number of unbranched alkanes of at least 4 members (excludes halogenated alkanes) is 9. The fourth-order valence-electron chi connectivity index (χ4n) is 4.83. The number of carbonyl (C=O) groups excluding carboxylic acids is 3. The third-order valence-corrected chi connectivity index (χ3v) is 14.6. The molecule has 0 saturated heterocycles. The van der Waals surface area contributed by atoms with Crippen LogP contribution in [0.25, 0.3) is 0 Å². The molecule has 0 spiro atoms. The standard InChI is InChI=1S/C12H25.3C8H8O3.Sn/c1-3-5-7-9-11-12-10-8-6-4-2;3*1-11-7-4-2-6(3-5-7)8(9)10;/h1,3-12H2,2H3;3*2-5H,1H3,(H,9,10);/q;;;;+3/p-3. The Labute approximate surface area is 278 Å². The predicted octanol–water partition coefficient (Wildman–Crippen LogP) is 8.44. The van der Waals surface area contributed by atoms with Gasteiger partial charge in [-0.15, -0.1) is 0 Å². The third kappa shape index (κ3) is 11.9. The van der Waals surface area contributed by atoms with Gasteiger partial charge in [-0.25, -0.2) is 0 Å². The van der Waals surface area contributed by atoms with Crippen LogP contribution in [0.1, 0.15) is 102 Å². The summed E-state index contributed by atoms with van der Waals surface area (Å²) in [5.41, 5.74) is 0.642. The Bertz CT molecular complexity index is 1210. The summed E-state index contributed by atoms with van der Waals surface area (Å²) in [6.45, 7) is 2.21. The van der Waals surface area contributed by atoms with Crippen molar-refractivity contribution in [3.05, 3.63) is 89.5 Å². The molecule has 0 bridgehead atoms. The molecule has 248 valence electrons. The summed E-state index contributed by atoms with van der Waals surface area (Å²) in [7, 11) is 4.58. The van der Waals surface area contributed by atoms with E-state index in [2.05, 4.69) is 6.92 Å². The van der Waals surface area contributed by atoms with E-state index >= 15 is 0 Å². The molecule has 0 fully saturated rings. The molecule has 0 amide bonds. The van der Waals surface area contributed by atoms with Crippen LogP contribution in [0.3, 0.4) is 0 Å². The van der Waals surface area contributed by atoms with Crippen LogP contribution in [-0.4, -0.2) is 58.9 Å². The second kappa shape index (κ2) is 19.7. The predicted molar refractivity (Wildman–Crippen MR) is 178 cm³/mol. The Kier molecular flexibility index (Phi) is 15.7. The van der Waals surface area contributed by atoms with Gasteiger partial charge < -0.3 is 0 Å². The van der Waals surface area contributed by atoms with Crippen LogP contribution in [0.4, 0.5) is 0 Å². The van der Waals surface area contributed by atoms with Crippen molar-refractivity contribution in [2.75, 3.05) is 21.3 Å². The number of hydrogen-bond acceptors (Lipinski definition) is 9. The van der Waals surface area contributed by atoms with E-state index in [1.165, 1.54) is 53.4 Å². The summed E-state index contributed by atoms with van der Waals surface area (Å²) in [6, 6.07) is 19.1. The summed E-state index contributed by atoms with van der Waals surface area (Å²) in [6.07, 6.45) is 10.8. The van der Waals surface area contributed by atoms with Gasteiger partial charge in [-0.2, -0.15) is 0 Å². The van der Waals surface area contributed by atoms with Gasteiger partial charge in [-0.1, -0.05) is 0 Å². The maximum absolute atomic E-state index is 13.5. The van der Waals surface area contributed by atoms with E-state index in [0.29, 0.717) is 23.7 Å². The topological polar surface area (TPSA) is 107 Å². The van der Waals surface area contributed by atoms with E-state index in [9.17, 15) is 14.4 Å². The van der Waals surface area contributed by atoms with E-state index in [-0.39, 0.29) is 21.1 Å². The zero-order valence-corrected chi connectivity index (χ0v) is 30.2. The van der Waals surface area contributed by atoms with Crippen molar-refractivity contribution in [2.24, 2.45) is 0 Å². The molecule has 0 radical (unpaired) electrons. The Balaban J connectivity index is 1.86. The van der Waals surface area contributed by atoms with Crippen molar-refractivity contribution in [3.63, 3.8) is 0 Å². The van der Waals surface area contributed by atoms with Gasteiger partial charge in [-0.05, 0) is 0 Å². The molecule has 0 aliphatic rings. The Hall–Kier alpha value is -3.73. The van der Waals surface area contributed by atoms with E-state index < -0.39 is 37.5 Å². The SMILES string of the molecule is CCCCCCCCCCC[CH2][Sn]([O]C(=O)c1ccc(OC)cc1)([O]C(=O)c1ccc(OC)cc1)[O]C(=O)c1ccc(OC)cc1. The Morgan fingerprint density at radius 3 is 1.02 bits per heavy atom. The molecule has 3 aromatic carbocycles. The number of benzene rings is 3. The average Bonchev–Trinajstić information content (AvgIpc) is 3.09. The molecule has 3 aromatic rings. The van der Waals surface area contributed by atoms with Gasteiger partial charge in [0.05, 0.1) is 0 Å². The molecule has 10 heteroatoms. The van der Waals surface area contributed by atoms with Gasteiger partial charge in [0, 0.05) is 0 Å². The molecule has 0 unspecified atom stereocenters. The van der Waals surface area contributed by atoms with Crippen LogP contribution in [0.5, 0.6) is 17.2 Å². The molecule has 9 nitrogen and oxygen atoms in total. The molecular weight excluding hydrogens is 695 g/mol.